The first-order valence-corrected chi connectivity index (χ1v) is 6.18. The lowest BCUT2D eigenvalue weighted by molar-refractivity contribution is 0.0819. The van der Waals surface area contributed by atoms with E-state index < -0.39 is 0 Å². The molecule has 1 fully saturated rings. The molecule has 0 atom stereocenters. The minimum Gasteiger partial charge on any atom is -0.381 e. The average molecular weight is 235 g/mol. The Bertz CT molecular complexity index is 373. The van der Waals surface area contributed by atoms with E-state index in [1.165, 1.54) is 5.69 Å². The molecule has 2 N–H and O–H groups in total. The minimum atomic E-state index is 0.413. The van der Waals surface area contributed by atoms with E-state index in [-0.39, 0.29) is 0 Å². The fraction of sp³-hybridized carbons (Fsp3) is 0.615. The van der Waals surface area contributed by atoms with Crippen LogP contribution in [0.25, 0.3) is 0 Å². The molecule has 1 aromatic rings. The van der Waals surface area contributed by atoms with Gasteiger partial charge in [0.05, 0.1) is 6.10 Å². The van der Waals surface area contributed by atoms with Gasteiger partial charge in [0, 0.05) is 49.9 Å². The Morgan fingerprint density at radius 1 is 1.47 bits per heavy atom. The van der Waals surface area contributed by atoms with Crippen molar-refractivity contribution >= 4 is 5.69 Å². The molecular formula is C13H21N3O. The molecule has 4 heteroatoms. The van der Waals surface area contributed by atoms with E-state index in [1.807, 2.05) is 13.1 Å². The minimum absolute atomic E-state index is 0.413. The van der Waals surface area contributed by atoms with Crippen LogP contribution < -0.4 is 10.6 Å². The normalized spacial score (nSPS) is 17.5. The zero-order chi connectivity index (χ0) is 12.3. The van der Waals surface area contributed by atoms with Crippen LogP contribution in [0.15, 0.2) is 12.3 Å². The average Bonchev–Trinajstić information content (AvgIpc) is 2.39. The second kappa shape index (κ2) is 5.47. The predicted octanol–water partition coefficient (Wildman–Crippen LogP) is 1.46. The van der Waals surface area contributed by atoms with Crippen LogP contribution >= 0.6 is 0 Å². The Morgan fingerprint density at radius 3 is 2.76 bits per heavy atom. The summed E-state index contributed by atoms with van der Waals surface area (Å²) in [4.78, 5) is 6.70. The van der Waals surface area contributed by atoms with Gasteiger partial charge in [-0.3, -0.25) is 4.98 Å². The van der Waals surface area contributed by atoms with E-state index >= 15 is 0 Å². The Labute approximate surface area is 103 Å². The van der Waals surface area contributed by atoms with Crippen molar-refractivity contribution in [3.63, 3.8) is 0 Å². The highest BCUT2D eigenvalue weighted by Crippen LogP contribution is 2.25. The molecule has 1 saturated heterocycles. The number of pyridine rings is 1. The van der Waals surface area contributed by atoms with Crippen molar-refractivity contribution in [3.8, 4) is 0 Å². The van der Waals surface area contributed by atoms with Crippen LogP contribution in [0.2, 0.25) is 0 Å². The number of hydrogen-bond acceptors (Lipinski definition) is 4. The number of methoxy groups -OCH3 is 1. The second-order valence-corrected chi connectivity index (χ2v) is 4.58. The first kappa shape index (κ1) is 12.3. The fourth-order valence-corrected chi connectivity index (χ4v) is 2.36. The van der Waals surface area contributed by atoms with Crippen molar-refractivity contribution in [3.05, 3.63) is 23.5 Å². The maximum Gasteiger partial charge on any atom is 0.0605 e. The summed E-state index contributed by atoms with van der Waals surface area (Å²) in [5.41, 5.74) is 9.19. The number of hydrogen-bond donors (Lipinski definition) is 1. The lowest BCUT2D eigenvalue weighted by Gasteiger charge is -2.34. The molecule has 0 spiro atoms. The summed E-state index contributed by atoms with van der Waals surface area (Å²) in [7, 11) is 1.79. The first-order chi connectivity index (χ1) is 8.24. The van der Waals surface area contributed by atoms with Crippen LogP contribution in [-0.4, -0.2) is 31.3 Å². The predicted molar refractivity (Wildman–Crippen MR) is 69.1 cm³/mol. The number of aromatic nitrogens is 1. The molecule has 17 heavy (non-hydrogen) atoms. The monoisotopic (exact) mass is 235 g/mol. The van der Waals surface area contributed by atoms with E-state index in [1.54, 1.807) is 7.11 Å². The van der Waals surface area contributed by atoms with Gasteiger partial charge in [0.25, 0.3) is 0 Å². The van der Waals surface area contributed by atoms with Gasteiger partial charge in [-0.15, -0.1) is 0 Å². The van der Waals surface area contributed by atoms with E-state index in [9.17, 15) is 0 Å². The Hall–Kier alpha value is -1.13. The van der Waals surface area contributed by atoms with Crippen LogP contribution in [0.3, 0.4) is 0 Å². The van der Waals surface area contributed by atoms with E-state index in [0.29, 0.717) is 12.6 Å². The van der Waals surface area contributed by atoms with Crippen molar-refractivity contribution in [2.24, 2.45) is 5.73 Å². The third-order valence-corrected chi connectivity index (χ3v) is 3.43. The molecule has 2 heterocycles. The summed E-state index contributed by atoms with van der Waals surface area (Å²) in [5.74, 6) is 0. The highest BCUT2D eigenvalue weighted by atomic mass is 16.5. The van der Waals surface area contributed by atoms with E-state index in [0.717, 1.165) is 37.2 Å². The number of anilines is 1. The lowest BCUT2D eigenvalue weighted by atomic mass is 10.1. The first-order valence-electron chi connectivity index (χ1n) is 6.18. The Kier molecular flexibility index (Phi) is 3.97. The third kappa shape index (κ3) is 2.76. The van der Waals surface area contributed by atoms with Gasteiger partial charge in [0.2, 0.25) is 0 Å². The van der Waals surface area contributed by atoms with Gasteiger partial charge in [0.15, 0.2) is 0 Å². The van der Waals surface area contributed by atoms with Crippen molar-refractivity contribution in [1.29, 1.82) is 0 Å². The number of rotatable bonds is 3. The molecular weight excluding hydrogens is 214 g/mol. The lowest BCUT2D eigenvalue weighted by Crippen LogP contribution is -2.37. The topological polar surface area (TPSA) is 51.4 Å². The Morgan fingerprint density at radius 2 is 2.18 bits per heavy atom. The number of piperidine rings is 1. The summed E-state index contributed by atoms with van der Waals surface area (Å²) >= 11 is 0. The maximum absolute atomic E-state index is 5.77. The van der Waals surface area contributed by atoms with Crippen molar-refractivity contribution in [2.45, 2.75) is 32.4 Å². The van der Waals surface area contributed by atoms with Crippen LogP contribution in [0, 0.1) is 6.92 Å². The number of nitrogens with zero attached hydrogens (tertiary/aromatic N) is 2. The smallest absolute Gasteiger partial charge is 0.0605 e. The molecule has 1 aliphatic rings. The largest absolute Gasteiger partial charge is 0.381 e. The number of aryl methyl sites for hydroxylation is 1. The van der Waals surface area contributed by atoms with Gasteiger partial charge in [0.1, 0.15) is 0 Å². The fourth-order valence-electron chi connectivity index (χ4n) is 2.36. The summed E-state index contributed by atoms with van der Waals surface area (Å²) in [6.45, 7) is 4.64. The number of nitrogens with two attached hydrogens (primary N) is 1. The summed E-state index contributed by atoms with van der Waals surface area (Å²) in [5, 5.41) is 0. The standard InChI is InChI=1S/C13H21N3O/c1-10-7-13(11(8-14)9-15-10)16-5-3-12(17-2)4-6-16/h7,9,12H,3-6,8,14H2,1-2H3. The van der Waals surface area contributed by atoms with Gasteiger partial charge >= 0.3 is 0 Å². The van der Waals surface area contributed by atoms with Gasteiger partial charge in [-0.2, -0.15) is 0 Å². The van der Waals surface area contributed by atoms with Crippen LogP contribution in [0.1, 0.15) is 24.1 Å². The van der Waals surface area contributed by atoms with Gasteiger partial charge in [-0.25, -0.2) is 0 Å². The van der Waals surface area contributed by atoms with Gasteiger partial charge in [-0.05, 0) is 25.8 Å². The van der Waals surface area contributed by atoms with Crippen LogP contribution in [0.4, 0.5) is 5.69 Å². The zero-order valence-corrected chi connectivity index (χ0v) is 10.6. The Balaban J connectivity index is 2.14. The molecule has 2 rings (SSSR count). The summed E-state index contributed by atoms with van der Waals surface area (Å²) < 4.78 is 5.39. The molecule has 0 aromatic carbocycles. The number of ether oxygens (including phenoxy) is 1. The highest BCUT2D eigenvalue weighted by molar-refractivity contribution is 5.53. The van der Waals surface area contributed by atoms with Crippen molar-refractivity contribution in [1.82, 2.24) is 4.98 Å². The second-order valence-electron chi connectivity index (χ2n) is 4.58. The summed E-state index contributed by atoms with van der Waals surface area (Å²) in [6.07, 6.45) is 4.48. The third-order valence-electron chi connectivity index (χ3n) is 3.43. The summed E-state index contributed by atoms with van der Waals surface area (Å²) in [6, 6.07) is 2.13. The molecule has 4 nitrogen and oxygen atoms in total. The quantitative estimate of drug-likeness (QED) is 0.862. The van der Waals surface area contributed by atoms with E-state index in [2.05, 4.69) is 16.0 Å². The molecule has 94 valence electrons. The van der Waals surface area contributed by atoms with Crippen molar-refractivity contribution < 1.29 is 4.74 Å². The highest BCUT2D eigenvalue weighted by Gasteiger charge is 2.20. The molecule has 0 aliphatic carbocycles. The van der Waals surface area contributed by atoms with E-state index in [4.69, 9.17) is 10.5 Å². The molecule has 0 unspecified atom stereocenters. The van der Waals surface area contributed by atoms with Gasteiger partial charge in [-0.1, -0.05) is 0 Å². The molecule has 0 bridgehead atoms. The SMILES string of the molecule is COC1CCN(c2cc(C)ncc2CN)CC1. The van der Waals surface area contributed by atoms with Crippen molar-refractivity contribution in [2.75, 3.05) is 25.1 Å². The van der Waals surface area contributed by atoms with Crippen LogP contribution in [-0.2, 0) is 11.3 Å². The molecule has 0 radical (unpaired) electrons. The molecule has 1 aliphatic heterocycles. The van der Waals surface area contributed by atoms with Gasteiger partial charge < -0.3 is 15.4 Å². The molecule has 0 saturated carbocycles. The van der Waals surface area contributed by atoms with Crippen LogP contribution in [0.5, 0.6) is 0 Å². The zero-order valence-electron chi connectivity index (χ0n) is 10.6. The maximum atomic E-state index is 5.77. The molecule has 0 amide bonds. The molecule has 1 aromatic heterocycles.